The van der Waals surface area contributed by atoms with Crippen LogP contribution in [0.1, 0.15) is 45.4 Å². The van der Waals surface area contributed by atoms with Gasteiger partial charge in [-0.2, -0.15) is 4.99 Å². The van der Waals surface area contributed by atoms with Crippen molar-refractivity contribution >= 4 is 11.9 Å². The van der Waals surface area contributed by atoms with E-state index in [1.807, 2.05) is 4.90 Å². The molecule has 1 heterocycles. The second kappa shape index (κ2) is 4.56. The largest absolute Gasteiger partial charge is 0.385 e. The Balaban J connectivity index is 1.70. The predicted molar refractivity (Wildman–Crippen MR) is 71.4 cm³/mol. The average molecular weight is 249 g/mol. The van der Waals surface area contributed by atoms with Gasteiger partial charge in [0.1, 0.15) is 5.84 Å². The molecule has 100 valence electrons. The summed E-state index contributed by atoms with van der Waals surface area (Å²) in [6.45, 7) is 3.19. The molecule has 0 radical (unpaired) electrons. The smallest absolute Gasteiger partial charge is 0.345 e. The first kappa shape index (κ1) is 12.0. The van der Waals surface area contributed by atoms with Gasteiger partial charge < -0.3 is 10.6 Å². The SMILES string of the molecule is CC1CCC(C2C(N)=NC(=O)N2CC2CC2)CC1. The second-order valence-electron chi connectivity index (χ2n) is 6.38. The van der Waals surface area contributed by atoms with E-state index in [0.29, 0.717) is 17.7 Å². The molecule has 0 saturated heterocycles. The van der Waals surface area contributed by atoms with Crippen LogP contribution in [0.5, 0.6) is 0 Å². The summed E-state index contributed by atoms with van der Waals surface area (Å²) in [6.07, 6.45) is 7.43. The summed E-state index contributed by atoms with van der Waals surface area (Å²) in [5.74, 6) is 2.64. The fourth-order valence-electron chi connectivity index (χ4n) is 3.39. The van der Waals surface area contributed by atoms with Gasteiger partial charge in [-0.05, 0) is 43.4 Å². The summed E-state index contributed by atoms with van der Waals surface area (Å²) >= 11 is 0. The number of hydrogen-bond acceptors (Lipinski definition) is 2. The summed E-state index contributed by atoms with van der Waals surface area (Å²) in [5.41, 5.74) is 6.01. The maximum Gasteiger partial charge on any atom is 0.345 e. The van der Waals surface area contributed by atoms with Crippen LogP contribution in [0.4, 0.5) is 4.79 Å². The van der Waals surface area contributed by atoms with E-state index in [1.54, 1.807) is 0 Å². The van der Waals surface area contributed by atoms with Crippen molar-refractivity contribution in [1.29, 1.82) is 0 Å². The highest BCUT2D eigenvalue weighted by molar-refractivity contribution is 6.03. The molecule has 3 rings (SSSR count). The van der Waals surface area contributed by atoms with Crippen LogP contribution >= 0.6 is 0 Å². The van der Waals surface area contributed by atoms with Crippen LogP contribution in [0.2, 0.25) is 0 Å². The lowest BCUT2D eigenvalue weighted by Gasteiger charge is -2.35. The number of hydrogen-bond donors (Lipinski definition) is 1. The lowest BCUT2D eigenvalue weighted by molar-refractivity contribution is 0.163. The molecule has 3 aliphatic rings. The maximum absolute atomic E-state index is 11.9. The Bertz CT molecular complexity index is 367. The zero-order chi connectivity index (χ0) is 12.7. The van der Waals surface area contributed by atoms with Crippen molar-refractivity contribution in [3.8, 4) is 0 Å². The molecule has 2 N–H and O–H groups in total. The number of urea groups is 1. The van der Waals surface area contributed by atoms with Crippen LogP contribution in [-0.4, -0.2) is 29.4 Å². The van der Waals surface area contributed by atoms with Gasteiger partial charge in [-0.3, -0.25) is 0 Å². The van der Waals surface area contributed by atoms with E-state index in [9.17, 15) is 4.79 Å². The topological polar surface area (TPSA) is 58.7 Å². The molecule has 0 aromatic rings. The van der Waals surface area contributed by atoms with Crippen LogP contribution in [0.3, 0.4) is 0 Å². The summed E-state index contributed by atoms with van der Waals surface area (Å²) in [5, 5.41) is 0. The van der Waals surface area contributed by atoms with Gasteiger partial charge in [-0.1, -0.05) is 19.8 Å². The van der Waals surface area contributed by atoms with Crippen LogP contribution in [0.15, 0.2) is 4.99 Å². The van der Waals surface area contributed by atoms with Crippen LogP contribution < -0.4 is 5.73 Å². The van der Waals surface area contributed by atoms with E-state index in [0.717, 1.165) is 12.5 Å². The lowest BCUT2D eigenvalue weighted by Crippen LogP contribution is -2.47. The Labute approximate surface area is 109 Å². The van der Waals surface area contributed by atoms with Crippen LogP contribution in [-0.2, 0) is 0 Å². The average Bonchev–Trinajstić information content (AvgIpc) is 3.09. The lowest BCUT2D eigenvalue weighted by atomic mass is 9.78. The first-order valence-corrected chi connectivity index (χ1v) is 7.30. The molecule has 0 aromatic heterocycles. The van der Waals surface area contributed by atoms with Crippen LogP contribution in [0, 0.1) is 17.8 Å². The fraction of sp³-hybridized carbons (Fsp3) is 0.857. The number of rotatable bonds is 3. The number of nitrogens with zero attached hydrogens (tertiary/aromatic N) is 2. The molecule has 4 nitrogen and oxygen atoms in total. The highest BCUT2D eigenvalue weighted by Gasteiger charge is 2.41. The molecule has 0 aromatic carbocycles. The standard InChI is InChI=1S/C14H23N3O/c1-9-2-6-11(7-3-9)12-13(15)16-14(18)17(12)8-10-4-5-10/h9-12H,2-8H2,1H3,(H2,15,16,18). The molecule has 2 fully saturated rings. The Morgan fingerprint density at radius 3 is 2.50 bits per heavy atom. The Kier molecular flexibility index (Phi) is 3.04. The summed E-state index contributed by atoms with van der Waals surface area (Å²) in [6, 6.07) is 0.00798. The molecule has 0 bridgehead atoms. The molecule has 2 saturated carbocycles. The molecule has 2 aliphatic carbocycles. The van der Waals surface area contributed by atoms with Crippen molar-refractivity contribution < 1.29 is 4.79 Å². The van der Waals surface area contributed by atoms with Gasteiger partial charge >= 0.3 is 6.03 Å². The predicted octanol–water partition coefficient (Wildman–Crippen LogP) is 2.38. The molecule has 1 unspecified atom stereocenters. The van der Waals surface area contributed by atoms with Gasteiger partial charge in [0.2, 0.25) is 0 Å². The zero-order valence-electron chi connectivity index (χ0n) is 11.1. The number of amides is 2. The molecule has 18 heavy (non-hydrogen) atoms. The summed E-state index contributed by atoms with van der Waals surface area (Å²) < 4.78 is 0. The minimum absolute atomic E-state index is 0.0944. The van der Waals surface area contributed by atoms with E-state index in [4.69, 9.17) is 5.73 Å². The van der Waals surface area contributed by atoms with E-state index in [2.05, 4.69) is 11.9 Å². The molecule has 1 aliphatic heterocycles. The minimum atomic E-state index is -0.0944. The molecule has 1 atom stereocenters. The van der Waals surface area contributed by atoms with Crippen LogP contribution in [0.25, 0.3) is 0 Å². The maximum atomic E-state index is 11.9. The Hall–Kier alpha value is -1.06. The molecule has 2 amide bonds. The van der Waals surface area contributed by atoms with Gasteiger partial charge in [-0.15, -0.1) is 0 Å². The van der Waals surface area contributed by atoms with Crippen molar-refractivity contribution in [2.24, 2.45) is 28.5 Å². The minimum Gasteiger partial charge on any atom is -0.385 e. The number of carbonyl (C=O) groups excluding carboxylic acids is 1. The zero-order valence-corrected chi connectivity index (χ0v) is 11.1. The highest BCUT2D eigenvalue weighted by Crippen LogP contribution is 2.37. The van der Waals surface area contributed by atoms with E-state index in [1.165, 1.54) is 38.5 Å². The third-order valence-electron chi connectivity index (χ3n) is 4.77. The Morgan fingerprint density at radius 2 is 1.89 bits per heavy atom. The third kappa shape index (κ3) is 2.25. The number of aliphatic imine (C=N–C) groups is 1. The quantitative estimate of drug-likeness (QED) is 0.835. The van der Waals surface area contributed by atoms with Gasteiger partial charge in [0.25, 0.3) is 0 Å². The number of carbonyl (C=O) groups is 1. The van der Waals surface area contributed by atoms with Crippen molar-refractivity contribution in [2.75, 3.05) is 6.54 Å². The Morgan fingerprint density at radius 1 is 1.22 bits per heavy atom. The fourth-order valence-corrected chi connectivity index (χ4v) is 3.39. The highest BCUT2D eigenvalue weighted by atomic mass is 16.2. The number of amidine groups is 1. The second-order valence-corrected chi connectivity index (χ2v) is 6.38. The van der Waals surface area contributed by atoms with Crippen molar-refractivity contribution in [3.05, 3.63) is 0 Å². The van der Waals surface area contributed by atoms with Crippen molar-refractivity contribution in [3.63, 3.8) is 0 Å². The first-order valence-electron chi connectivity index (χ1n) is 7.30. The van der Waals surface area contributed by atoms with Gasteiger partial charge in [0, 0.05) is 6.54 Å². The van der Waals surface area contributed by atoms with E-state index < -0.39 is 0 Å². The molecular weight excluding hydrogens is 226 g/mol. The van der Waals surface area contributed by atoms with Gasteiger partial charge in [0.05, 0.1) is 6.04 Å². The van der Waals surface area contributed by atoms with Gasteiger partial charge in [0.15, 0.2) is 0 Å². The molecule has 4 heteroatoms. The number of nitrogens with two attached hydrogens (primary N) is 1. The van der Waals surface area contributed by atoms with Gasteiger partial charge in [-0.25, -0.2) is 4.79 Å². The monoisotopic (exact) mass is 249 g/mol. The third-order valence-corrected chi connectivity index (χ3v) is 4.77. The normalized spacial score (nSPS) is 36.9. The summed E-state index contributed by atoms with van der Waals surface area (Å²) in [7, 11) is 0. The van der Waals surface area contributed by atoms with Crippen molar-refractivity contribution in [2.45, 2.75) is 51.5 Å². The first-order chi connectivity index (χ1) is 8.65. The summed E-state index contributed by atoms with van der Waals surface area (Å²) in [4.78, 5) is 17.9. The molecular formula is C14H23N3O. The van der Waals surface area contributed by atoms with E-state index in [-0.39, 0.29) is 12.1 Å². The molecule has 0 spiro atoms. The van der Waals surface area contributed by atoms with Crippen molar-refractivity contribution in [1.82, 2.24) is 4.90 Å². The van der Waals surface area contributed by atoms with E-state index >= 15 is 0 Å².